The maximum atomic E-state index is 13.1. The highest BCUT2D eigenvalue weighted by atomic mass is 16.6. The van der Waals surface area contributed by atoms with Crippen LogP contribution in [0.3, 0.4) is 0 Å². The lowest BCUT2D eigenvalue weighted by Gasteiger charge is -2.46. The van der Waals surface area contributed by atoms with Crippen LogP contribution in [0.1, 0.15) is 30.4 Å². The van der Waals surface area contributed by atoms with Crippen molar-refractivity contribution in [2.75, 3.05) is 13.7 Å². The molecule has 3 amide bonds. The van der Waals surface area contributed by atoms with Gasteiger partial charge in [-0.25, -0.2) is 4.79 Å². The summed E-state index contributed by atoms with van der Waals surface area (Å²) in [7, 11) is 1.60. The zero-order valence-corrected chi connectivity index (χ0v) is 17.5. The molecule has 2 bridgehead atoms. The number of fused-ring (bicyclic) bond motifs is 2. The Morgan fingerprint density at radius 1 is 0.968 bits per heavy atom. The first-order valence-electron chi connectivity index (χ1n) is 10.6. The second-order valence-electron chi connectivity index (χ2n) is 7.80. The Bertz CT molecular complexity index is 937. The first-order chi connectivity index (χ1) is 15.1. The van der Waals surface area contributed by atoms with E-state index in [2.05, 4.69) is 0 Å². The molecule has 2 aromatic rings. The first-order valence-corrected chi connectivity index (χ1v) is 10.6. The Balaban J connectivity index is 1.46. The van der Waals surface area contributed by atoms with Crippen LogP contribution in [-0.4, -0.2) is 53.4 Å². The third-order valence-corrected chi connectivity index (χ3v) is 5.94. The van der Waals surface area contributed by atoms with Crippen LogP contribution < -0.4 is 4.74 Å². The largest absolute Gasteiger partial charge is 0.496 e. The number of rotatable bonds is 6. The summed E-state index contributed by atoms with van der Waals surface area (Å²) < 4.78 is 10.8. The molecular weight excluding hydrogens is 396 g/mol. The summed E-state index contributed by atoms with van der Waals surface area (Å²) in [5, 5.41) is 0. The van der Waals surface area contributed by atoms with Crippen LogP contribution in [0.2, 0.25) is 0 Å². The number of para-hydroxylation sites is 1. The minimum absolute atomic E-state index is 0.107. The van der Waals surface area contributed by atoms with Gasteiger partial charge >= 0.3 is 6.09 Å². The predicted molar refractivity (Wildman–Crippen MR) is 113 cm³/mol. The molecule has 2 unspecified atom stereocenters. The second kappa shape index (κ2) is 9.20. The summed E-state index contributed by atoms with van der Waals surface area (Å²) >= 11 is 0. The van der Waals surface area contributed by atoms with Crippen LogP contribution >= 0.6 is 0 Å². The molecule has 2 fully saturated rings. The van der Waals surface area contributed by atoms with Gasteiger partial charge in [0.2, 0.25) is 0 Å². The van der Waals surface area contributed by atoms with Crippen LogP contribution in [0, 0.1) is 0 Å². The number of piperazine rings is 1. The molecule has 162 valence electrons. The molecule has 4 rings (SSSR count). The molecule has 0 N–H and O–H groups in total. The van der Waals surface area contributed by atoms with Crippen molar-refractivity contribution >= 4 is 17.9 Å². The predicted octanol–water partition coefficient (Wildman–Crippen LogP) is 3.17. The monoisotopic (exact) mass is 422 g/mol. The maximum Gasteiger partial charge on any atom is 0.411 e. The number of carbonyl (C=O) groups excluding carboxylic acids is 3. The van der Waals surface area contributed by atoms with Crippen molar-refractivity contribution in [1.82, 2.24) is 9.80 Å². The summed E-state index contributed by atoms with van der Waals surface area (Å²) in [5.41, 5.74) is 1.79. The van der Waals surface area contributed by atoms with E-state index in [0.717, 1.165) is 23.3 Å². The molecule has 2 aliphatic heterocycles. The van der Waals surface area contributed by atoms with E-state index in [1.165, 1.54) is 9.80 Å². The van der Waals surface area contributed by atoms with Gasteiger partial charge in [-0.3, -0.25) is 19.4 Å². The quantitative estimate of drug-likeness (QED) is 0.669. The van der Waals surface area contributed by atoms with E-state index in [1.54, 1.807) is 7.11 Å². The molecule has 0 spiro atoms. The molecule has 0 saturated carbocycles. The SMILES string of the molecule is COc1ccccc1CCN1C(=O)C2CCCC(C1=O)N2C(=O)OCc1ccccc1. The average molecular weight is 422 g/mol. The molecule has 2 heterocycles. The zero-order valence-electron chi connectivity index (χ0n) is 17.5. The molecular formula is C24H26N2O5. The fourth-order valence-corrected chi connectivity index (χ4v) is 4.36. The van der Waals surface area contributed by atoms with Gasteiger partial charge in [0.25, 0.3) is 11.8 Å². The number of benzene rings is 2. The molecule has 7 nitrogen and oxygen atoms in total. The molecule has 0 aliphatic carbocycles. The number of likely N-dealkylation sites (tertiary alicyclic amines) is 1. The number of ether oxygens (including phenoxy) is 2. The van der Waals surface area contributed by atoms with Gasteiger partial charge in [-0.15, -0.1) is 0 Å². The van der Waals surface area contributed by atoms with E-state index in [-0.39, 0.29) is 25.0 Å². The van der Waals surface area contributed by atoms with Crippen LogP contribution in [-0.2, 0) is 27.4 Å². The van der Waals surface area contributed by atoms with Gasteiger partial charge in [-0.1, -0.05) is 48.5 Å². The number of carbonyl (C=O) groups is 3. The number of amides is 3. The first kappa shape index (κ1) is 20.9. The normalized spacial score (nSPS) is 20.5. The lowest BCUT2D eigenvalue weighted by atomic mass is 9.90. The third kappa shape index (κ3) is 4.26. The molecule has 2 aliphatic rings. The van der Waals surface area contributed by atoms with Crippen molar-refractivity contribution in [3.05, 3.63) is 65.7 Å². The number of hydrogen-bond donors (Lipinski definition) is 0. The number of imide groups is 1. The maximum absolute atomic E-state index is 13.1. The fourth-order valence-electron chi connectivity index (χ4n) is 4.36. The standard InChI is InChI=1S/C24H26N2O5/c1-30-21-13-6-5-10-18(21)14-15-25-22(27)19-11-7-12-20(23(25)28)26(19)24(29)31-16-17-8-3-2-4-9-17/h2-6,8-10,13,19-20H,7,11-12,14-16H2,1H3. The molecule has 0 radical (unpaired) electrons. The van der Waals surface area contributed by atoms with Crippen LogP contribution in [0.25, 0.3) is 0 Å². The molecule has 0 aromatic heterocycles. The number of nitrogens with zero attached hydrogens (tertiary/aromatic N) is 2. The lowest BCUT2D eigenvalue weighted by molar-refractivity contribution is -0.162. The summed E-state index contributed by atoms with van der Waals surface area (Å²) in [6, 6.07) is 15.6. The van der Waals surface area contributed by atoms with E-state index in [1.807, 2.05) is 54.6 Å². The topological polar surface area (TPSA) is 76.2 Å². The zero-order chi connectivity index (χ0) is 21.8. The molecule has 2 saturated heterocycles. The van der Waals surface area contributed by atoms with Crippen molar-refractivity contribution in [1.29, 1.82) is 0 Å². The summed E-state index contributed by atoms with van der Waals surface area (Å²) in [4.78, 5) is 41.7. The summed E-state index contributed by atoms with van der Waals surface area (Å²) in [5.74, 6) is 0.0748. The Kier molecular flexibility index (Phi) is 6.21. The highest BCUT2D eigenvalue weighted by molar-refractivity contribution is 6.05. The number of methoxy groups -OCH3 is 1. The van der Waals surface area contributed by atoms with Crippen LogP contribution in [0.5, 0.6) is 5.75 Å². The van der Waals surface area contributed by atoms with E-state index in [0.29, 0.717) is 19.3 Å². The minimum Gasteiger partial charge on any atom is -0.496 e. The average Bonchev–Trinajstić information content (AvgIpc) is 2.82. The van der Waals surface area contributed by atoms with Gasteiger partial charge in [0.1, 0.15) is 24.4 Å². The summed E-state index contributed by atoms with van der Waals surface area (Å²) in [6.45, 7) is 0.369. The van der Waals surface area contributed by atoms with Gasteiger partial charge in [0, 0.05) is 6.54 Å². The van der Waals surface area contributed by atoms with E-state index >= 15 is 0 Å². The molecule has 2 aromatic carbocycles. The third-order valence-electron chi connectivity index (χ3n) is 5.94. The van der Waals surface area contributed by atoms with Crippen molar-refractivity contribution in [2.24, 2.45) is 0 Å². The lowest BCUT2D eigenvalue weighted by Crippen LogP contribution is -2.68. The summed E-state index contributed by atoms with van der Waals surface area (Å²) in [6.07, 6.45) is 1.70. The van der Waals surface area contributed by atoms with Crippen LogP contribution in [0.15, 0.2) is 54.6 Å². The Hall–Kier alpha value is -3.35. The molecule has 2 atom stereocenters. The highest BCUT2D eigenvalue weighted by Crippen LogP contribution is 2.32. The van der Waals surface area contributed by atoms with Crippen molar-refractivity contribution < 1.29 is 23.9 Å². The Morgan fingerprint density at radius 2 is 1.61 bits per heavy atom. The van der Waals surface area contributed by atoms with Crippen LogP contribution in [0.4, 0.5) is 4.79 Å². The van der Waals surface area contributed by atoms with E-state index in [4.69, 9.17) is 9.47 Å². The minimum atomic E-state index is -0.655. The Labute approximate surface area is 181 Å². The fraction of sp³-hybridized carbons (Fsp3) is 0.375. The number of piperidine rings is 1. The van der Waals surface area contributed by atoms with Gasteiger partial charge in [0.15, 0.2) is 0 Å². The van der Waals surface area contributed by atoms with Crippen molar-refractivity contribution in [3.63, 3.8) is 0 Å². The van der Waals surface area contributed by atoms with Gasteiger partial charge in [-0.2, -0.15) is 0 Å². The van der Waals surface area contributed by atoms with Gasteiger partial charge in [0.05, 0.1) is 7.11 Å². The molecule has 7 heteroatoms. The Morgan fingerprint density at radius 3 is 2.29 bits per heavy atom. The van der Waals surface area contributed by atoms with Gasteiger partial charge in [-0.05, 0) is 42.9 Å². The van der Waals surface area contributed by atoms with Gasteiger partial charge < -0.3 is 9.47 Å². The van der Waals surface area contributed by atoms with E-state index < -0.39 is 18.2 Å². The number of hydrogen-bond acceptors (Lipinski definition) is 5. The highest BCUT2D eigenvalue weighted by Gasteiger charge is 2.51. The molecule has 31 heavy (non-hydrogen) atoms. The van der Waals surface area contributed by atoms with E-state index in [9.17, 15) is 14.4 Å². The smallest absolute Gasteiger partial charge is 0.411 e. The second-order valence-corrected chi connectivity index (χ2v) is 7.80. The van der Waals surface area contributed by atoms with Crippen molar-refractivity contribution in [2.45, 2.75) is 44.4 Å². The van der Waals surface area contributed by atoms with Crippen molar-refractivity contribution in [3.8, 4) is 5.75 Å².